The van der Waals surface area contributed by atoms with Gasteiger partial charge in [-0.05, 0) is 26.7 Å². The van der Waals surface area contributed by atoms with Gasteiger partial charge in [0, 0.05) is 37.8 Å². The van der Waals surface area contributed by atoms with Crippen molar-refractivity contribution < 1.29 is 9.90 Å². The lowest BCUT2D eigenvalue weighted by Gasteiger charge is -2.23. The molecule has 1 aliphatic rings. The Morgan fingerprint density at radius 2 is 2.15 bits per heavy atom. The van der Waals surface area contributed by atoms with E-state index in [0.29, 0.717) is 13.0 Å². The predicted octanol–water partition coefficient (Wildman–Crippen LogP) is 1.20. The number of amides is 1. The van der Waals surface area contributed by atoms with Crippen LogP contribution >= 0.6 is 0 Å². The van der Waals surface area contributed by atoms with Gasteiger partial charge in [-0.3, -0.25) is 9.48 Å². The molecule has 0 aromatic carbocycles. The number of hydrogen-bond donors (Lipinski definition) is 1. The summed E-state index contributed by atoms with van der Waals surface area (Å²) in [6.07, 6.45) is 3.10. The second kappa shape index (κ2) is 5.95. The Morgan fingerprint density at radius 3 is 2.65 bits per heavy atom. The molecule has 2 rings (SSSR count). The van der Waals surface area contributed by atoms with Crippen LogP contribution in [0.4, 0.5) is 0 Å². The number of nitrogens with zero attached hydrogens (tertiary/aromatic N) is 3. The molecule has 1 saturated carbocycles. The summed E-state index contributed by atoms with van der Waals surface area (Å²) in [5.74, 6) is 0.336. The van der Waals surface area contributed by atoms with E-state index in [2.05, 4.69) is 5.10 Å². The molecule has 1 amide bonds. The lowest BCUT2D eigenvalue weighted by molar-refractivity contribution is -0.130. The van der Waals surface area contributed by atoms with Gasteiger partial charge in [-0.1, -0.05) is 6.42 Å². The molecule has 2 atom stereocenters. The van der Waals surface area contributed by atoms with Gasteiger partial charge < -0.3 is 10.0 Å². The molecular weight excluding hydrogens is 254 g/mol. The van der Waals surface area contributed by atoms with E-state index in [9.17, 15) is 9.90 Å². The number of aliphatic hydroxyl groups is 1. The van der Waals surface area contributed by atoms with Crippen LogP contribution in [0.3, 0.4) is 0 Å². The third-order valence-corrected chi connectivity index (χ3v) is 4.54. The molecule has 2 unspecified atom stereocenters. The van der Waals surface area contributed by atoms with E-state index in [4.69, 9.17) is 0 Å². The summed E-state index contributed by atoms with van der Waals surface area (Å²) in [6, 6.07) is 0. The summed E-state index contributed by atoms with van der Waals surface area (Å²) < 4.78 is 1.82. The number of rotatable bonds is 4. The van der Waals surface area contributed by atoms with Gasteiger partial charge in [0.2, 0.25) is 5.91 Å². The van der Waals surface area contributed by atoms with Crippen molar-refractivity contribution >= 4 is 5.91 Å². The smallest absolute Gasteiger partial charge is 0.226 e. The summed E-state index contributed by atoms with van der Waals surface area (Å²) >= 11 is 0. The minimum atomic E-state index is -0.243. The van der Waals surface area contributed by atoms with Crippen LogP contribution in [0.5, 0.6) is 0 Å². The average Bonchev–Trinajstić information content (AvgIpc) is 2.89. The van der Waals surface area contributed by atoms with Gasteiger partial charge in [-0.25, -0.2) is 0 Å². The second-order valence-corrected chi connectivity index (χ2v) is 5.98. The standard InChI is InChI=1S/C15H25N3O2/c1-10-13(11(2)18(4)16-10)8-15(20)17(3)9-12-6-5-7-14(12)19/h12,14,19H,5-9H2,1-4H3. The zero-order valence-corrected chi connectivity index (χ0v) is 12.9. The topological polar surface area (TPSA) is 58.4 Å². The van der Waals surface area contributed by atoms with Crippen LogP contribution in [0.15, 0.2) is 0 Å². The molecule has 1 aromatic heterocycles. The van der Waals surface area contributed by atoms with Crippen LogP contribution in [0.2, 0.25) is 0 Å². The highest BCUT2D eigenvalue weighted by Gasteiger charge is 2.27. The van der Waals surface area contributed by atoms with Crippen LogP contribution in [-0.2, 0) is 18.3 Å². The zero-order chi connectivity index (χ0) is 14.9. The Bertz CT molecular complexity index is 496. The number of hydrogen-bond acceptors (Lipinski definition) is 3. The second-order valence-electron chi connectivity index (χ2n) is 5.98. The quantitative estimate of drug-likeness (QED) is 0.901. The first kappa shape index (κ1) is 15.0. The predicted molar refractivity (Wildman–Crippen MR) is 77.4 cm³/mol. The maximum Gasteiger partial charge on any atom is 0.226 e. The fraction of sp³-hybridized carbons (Fsp3) is 0.733. The highest BCUT2D eigenvalue weighted by Crippen LogP contribution is 2.26. The summed E-state index contributed by atoms with van der Waals surface area (Å²) in [4.78, 5) is 14.1. The molecule has 1 heterocycles. The number of aliphatic hydroxyl groups excluding tert-OH is 1. The van der Waals surface area contributed by atoms with E-state index in [1.165, 1.54) is 0 Å². The van der Waals surface area contributed by atoms with Crippen molar-refractivity contribution in [3.63, 3.8) is 0 Å². The molecule has 0 bridgehead atoms. The van der Waals surface area contributed by atoms with E-state index < -0.39 is 0 Å². The Balaban J connectivity index is 1.97. The summed E-state index contributed by atoms with van der Waals surface area (Å²) in [6.45, 7) is 4.58. The Labute approximate surface area is 120 Å². The number of carbonyl (C=O) groups is 1. The van der Waals surface area contributed by atoms with Gasteiger partial charge >= 0.3 is 0 Å². The lowest BCUT2D eigenvalue weighted by atomic mass is 10.0. The normalized spacial score (nSPS) is 22.2. The SMILES string of the molecule is Cc1nn(C)c(C)c1CC(=O)N(C)CC1CCCC1O. The van der Waals surface area contributed by atoms with Crippen LogP contribution < -0.4 is 0 Å². The molecule has 0 spiro atoms. The van der Waals surface area contributed by atoms with E-state index in [1.54, 1.807) is 4.90 Å². The van der Waals surface area contributed by atoms with Crippen LogP contribution in [0.1, 0.15) is 36.2 Å². The van der Waals surface area contributed by atoms with Crippen molar-refractivity contribution in [2.75, 3.05) is 13.6 Å². The molecule has 1 aromatic rings. The highest BCUT2D eigenvalue weighted by molar-refractivity contribution is 5.79. The zero-order valence-electron chi connectivity index (χ0n) is 12.9. The summed E-state index contributed by atoms with van der Waals surface area (Å²) in [5.41, 5.74) is 2.99. The van der Waals surface area contributed by atoms with Crippen molar-refractivity contribution in [2.24, 2.45) is 13.0 Å². The molecule has 112 valence electrons. The Morgan fingerprint density at radius 1 is 1.45 bits per heavy atom. The molecule has 1 aliphatic carbocycles. The molecule has 20 heavy (non-hydrogen) atoms. The molecular formula is C15H25N3O2. The number of likely N-dealkylation sites (N-methyl/N-ethyl adjacent to an activating group) is 1. The van der Waals surface area contributed by atoms with Gasteiger partial charge in [0.25, 0.3) is 0 Å². The van der Waals surface area contributed by atoms with Crippen molar-refractivity contribution in [3.8, 4) is 0 Å². The molecule has 5 heteroatoms. The van der Waals surface area contributed by atoms with Gasteiger partial charge in [0.15, 0.2) is 0 Å². The van der Waals surface area contributed by atoms with Gasteiger partial charge in [-0.15, -0.1) is 0 Å². The van der Waals surface area contributed by atoms with Gasteiger partial charge in [0.1, 0.15) is 0 Å². The van der Waals surface area contributed by atoms with E-state index in [1.807, 2.05) is 32.6 Å². The first-order valence-electron chi connectivity index (χ1n) is 7.31. The maximum atomic E-state index is 12.3. The first-order valence-corrected chi connectivity index (χ1v) is 7.31. The van der Waals surface area contributed by atoms with E-state index >= 15 is 0 Å². The minimum Gasteiger partial charge on any atom is -0.393 e. The van der Waals surface area contributed by atoms with E-state index in [-0.39, 0.29) is 17.9 Å². The highest BCUT2D eigenvalue weighted by atomic mass is 16.3. The first-order chi connectivity index (χ1) is 9.40. The largest absolute Gasteiger partial charge is 0.393 e. The van der Waals surface area contributed by atoms with Crippen LogP contribution in [0, 0.1) is 19.8 Å². The molecule has 0 saturated heterocycles. The number of aromatic nitrogens is 2. The Kier molecular flexibility index (Phi) is 4.48. The fourth-order valence-electron chi connectivity index (χ4n) is 3.04. The molecule has 1 N–H and O–H groups in total. The molecule has 5 nitrogen and oxygen atoms in total. The van der Waals surface area contributed by atoms with Gasteiger partial charge in [0.05, 0.1) is 18.2 Å². The minimum absolute atomic E-state index is 0.100. The molecule has 1 fully saturated rings. The summed E-state index contributed by atoms with van der Waals surface area (Å²) in [7, 11) is 3.73. The monoisotopic (exact) mass is 279 g/mol. The Hall–Kier alpha value is -1.36. The third-order valence-electron chi connectivity index (χ3n) is 4.54. The number of carbonyl (C=O) groups excluding carboxylic acids is 1. The third kappa shape index (κ3) is 3.03. The van der Waals surface area contributed by atoms with Crippen molar-refractivity contribution in [2.45, 2.75) is 45.6 Å². The maximum absolute atomic E-state index is 12.3. The van der Waals surface area contributed by atoms with Gasteiger partial charge in [-0.2, -0.15) is 5.10 Å². The number of aryl methyl sites for hydroxylation is 2. The van der Waals surface area contributed by atoms with Crippen LogP contribution in [-0.4, -0.2) is 45.4 Å². The average molecular weight is 279 g/mol. The van der Waals surface area contributed by atoms with Crippen molar-refractivity contribution in [1.82, 2.24) is 14.7 Å². The van der Waals surface area contributed by atoms with Crippen LogP contribution in [0.25, 0.3) is 0 Å². The lowest BCUT2D eigenvalue weighted by Crippen LogP contribution is -2.35. The van der Waals surface area contributed by atoms with Crippen molar-refractivity contribution in [1.29, 1.82) is 0 Å². The van der Waals surface area contributed by atoms with E-state index in [0.717, 1.165) is 36.2 Å². The summed E-state index contributed by atoms with van der Waals surface area (Å²) in [5, 5.41) is 14.2. The fourth-order valence-corrected chi connectivity index (χ4v) is 3.04. The molecule has 0 aliphatic heterocycles. The molecule has 0 radical (unpaired) electrons. The van der Waals surface area contributed by atoms with Crippen molar-refractivity contribution in [3.05, 3.63) is 17.0 Å².